The largest absolute Gasteiger partial charge is 0.493 e. The van der Waals surface area contributed by atoms with E-state index in [1.165, 1.54) is 25.9 Å². The zero-order valence-electron chi connectivity index (χ0n) is 12.6. The Labute approximate surface area is 124 Å². The standard InChI is InChI=1S/C15H22N4O2/c1-20-13-9-11-12(10-14(13)21-2)19(15(16)17-11)8-7-18-5-3-4-6-18/h9-10H,3-8H2,1-2H3,(H2,16,17). The summed E-state index contributed by atoms with van der Waals surface area (Å²) in [6.07, 6.45) is 2.59. The van der Waals surface area contributed by atoms with E-state index in [1.807, 2.05) is 12.1 Å². The molecule has 1 aromatic heterocycles. The predicted molar refractivity (Wildman–Crippen MR) is 82.9 cm³/mol. The number of nitrogens with zero attached hydrogens (tertiary/aromatic N) is 3. The van der Waals surface area contributed by atoms with Crippen molar-refractivity contribution in [2.45, 2.75) is 19.4 Å². The fraction of sp³-hybridized carbons (Fsp3) is 0.533. The number of likely N-dealkylation sites (tertiary alicyclic amines) is 1. The molecule has 3 rings (SSSR count). The topological polar surface area (TPSA) is 65.5 Å². The highest BCUT2D eigenvalue weighted by Gasteiger charge is 2.16. The van der Waals surface area contributed by atoms with Gasteiger partial charge >= 0.3 is 0 Å². The molecular formula is C15H22N4O2. The minimum Gasteiger partial charge on any atom is -0.493 e. The molecule has 0 unspecified atom stereocenters. The summed E-state index contributed by atoms with van der Waals surface area (Å²) in [7, 11) is 3.26. The Morgan fingerprint density at radius 1 is 1.10 bits per heavy atom. The first kappa shape index (κ1) is 14.0. The third-order valence-electron chi connectivity index (χ3n) is 4.12. The van der Waals surface area contributed by atoms with Gasteiger partial charge in [-0.25, -0.2) is 4.98 Å². The van der Waals surface area contributed by atoms with E-state index in [4.69, 9.17) is 15.2 Å². The fourth-order valence-corrected chi connectivity index (χ4v) is 2.95. The Bertz CT molecular complexity index is 632. The molecule has 6 nitrogen and oxygen atoms in total. The van der Waals surface area contributed by atoms with E-state index in [0.29, 0.717) is 17.4 Å². The minimum atomic E-state index is 0.541. The van der Waals surface area contributed by atoms with Gasteiger partial charge in [0, 0.05) is 25.2 Å². The first-order valence-electron chi connectivity index (χ1n) is 7.33. The van der Waals surface area contributed by atoms with Gasteiger partial charge in [0.25, 0.3) is 0 Å². The van der Waals surface area contributed by atoms with Gasteiger partial charge in [-0.05, 0) is 25.9 Å². The average molecular weight is 290 g/mol. The minimum absolute atomic E-state index is 0.541. The van der Waals surface area contributed by atoms with Gasteiger partial charge in [-0.2, -0.15) is 0 Å². The molecule has 0 aliphatic carbocycles. The Kier molecular flexibility index (Phi) is 3.88. The van der Waals surface area contributed by atoms with Crippen LogP contribution >= 0.6 is 0 Å². The van der Waals surface area contributed by atoms with Crippen molar-refractivity contribution < 1.29 is 9.47 Å². The highest BCUT2D eigenvalue weighted by Crippen LogP contribution is 2.32. The van der Waals surface area contributed by atoms with E-state index in [0.717, 1.165) is 24.1 Å². The number of nitrogens with two attached hydrogens (primary N) is 1. The molecule has 0 radical (unpaired) electrons. The van der Waals surface area contributed by atoms with Crippen molar-refractivity contribution >= 4 is 17.0 Å². The van der Waals surface area contributed by atoms with Crippen molar-refractivity contribution in [1.82, 2.24) is 14.5 Å². The molecule has 1 aliphatic heterocycles. The molecule has 2 aromatic rings. The lowest BCUT2D eigenvalue weighted by molar-refractivity contribution is 0.325. The molecule has 0 saturated carbocycles. The van der Waals surface area contributed by atoms with Crippen molar-refractivity contribution in [3.05, 3.63) is 12.1 Å². The van der Waals surface area contributed by atoms with Crippen LogP contribution in [0.2, 0.25) is 0 Å². The van der Waals surface area contributed by atoms with Crippen LogP contribution in [0.15, 0.2) is 12.1 Å². The quantitative estimate of drug-likeness (QED) is 0.908. The normalized spacial score (nSPS) is 15.7. The lowest BCUT2D eigenvalue weighted by atomic mass is 10.2. The van der Waals surface area contributed by atoms with Crippen LogP contribution in [0, 0.1) is 0 Å². The second-order valence-electron chi connectivity index (χ2n) is 5.37. The Hall–Kier alpha value is -1.95. The van der Waals surface area contributed by atoms with E-state index in [-0.39, 0.29) is 0 Å². The first-order valence-corrected chi connectivity index (χ1v) is 7.33. The summed E-state index contributed by atoms with van der Waals surface area (Å²) in [5.74, 6) is 1.92. The monoisotopic (exact) mass is 290 g/mol. The van der Waals surface area contributed by atoms with Gasteiger partial charge in [-0.15, -0.1) is 0 Å². The number of aromatic nitrogens is 2. The highest BCUT2D eigenvalue weighted by molar-refractivity contribution is 5.82. The Morgan fingerprint density at radius 2 is 1.76 bits per heavy atom. The van der Waals surface area contributed by atoms with E-state index >= 15 is 0 Å². The van der Waals surface area contributed by atoms with Crippen molar-refractivity contribution in [2.24, 2.45) is 0 Å². The molecule has 0 spiro atoms. The second kappa shape index (κ2) is 5.81. The number of methoxy groups -OCH3 is 2. The zero-order chi connectivity index (χ0) is 14.8. The van der Waals surface area contributed by atoms with Crippen LogP contribution in [0.1, 0.15) is 12.8 Å². The highest BCUT2D eigenvalue weighted by atomic mass is 16.5. The number of imidazole rings is 1. The van der Waals surface area contributed by atoms with E-state index in [2.05, 4.69) is 14.5 Å². The lowest BCUT2D eigenvalue weighted by Crippen LogP contribution is -2.24. The number of nitrogen functional groups attached to an aromatic ring is 1. The second-order valence-corrected chi connectivity index (χ2v) is 5.37. The predicted octanol–water partition coefficient (Wildman–Crippen LogP) is 1.73. The molecule has 0 amide bonds. The van der Waals surface area contributed by atoms with Crippen LogP contribution in [-0.2, 0) is 6.54 Å². The van der Waals surface area contributed by atoms with Crippen LogP contribution in [-0.4, -0.2) is 48.3 Å². The smallest absolute Gasteiger partial charge is 0.201 e. The van der Waals surface area contributed by atoms with Gasteiger partial charge in [0.05, 0.1) is 25.3 Å². The van der Waals surface area contributed by atoms with E-state index in [9.17, 15) is 0 Å². The Balaban J connectivity index is 1.91. The lowest BCUT2D eigenvalue weighted by Gasteiger charge is -2.16. The summed E-state index contributed by atoms with van der Waals surface area (Å²) >= 11 is 0. The summed E-state index contributed by atoms with van der Waals surface area (Å²) in [5.41, 5.74) is 7.90. The van der Waals surface area contributed by atoms with E-state index in [1.54, 1.807) is 14.2 Å². The molecule has 1 fully saturated rings. The molecule has 2 N–H and O–H groups in total. The van der Waals surface area contributed by atoms with E-state index < -0.39 is 0 Å². The van der Waals surface area contributed by atoms with Gasteiger partial charge < -0.3 is 24.7 Å². The van der Waals surface area contributed by atoms with Crippen molar-refractivity contribution in [3.63, 3.8) is 0 Å². The molecule has 114 valence electrons. The number of hydrogen-bond acceptors (Lipinski definition) is 5. The average Bonchev–Trinajstić information content (AvgIpc) is 3.10. The number of benzene rings is 1. The molecule has 6 heteroatoms. The SMILES string of the molecule is COc1cc2nc(N)n(CCN3CCCC3)c2cc1OC. The summed E-state index contributed by atoms with van der Waals surface area (Å²) in [4.78, 5) is 6.89. The fourth-order valence-electron chi connectivity index (χ4n) is 2.95. The molecule has 21 heavy (non-hydrogen) atoms. The molecular weight excluding hydrogens is 268 g/mol. The number of ether oxygens (including phenoxy) is 2. The van der Waals surface area contributed by atoms with Crippen LogP contribution in [0.3, 0.4) is 0 Å². The van der Waals surface area contributed by atoms with Gasteiger partial charge in [-0.3, -0.25) is 0 Å². The van der Waals surface area contributed by atoms with Gasteiger partial charge in [0.15, 0.2) is 11.5 Å². The summed E-state index contributed by atoms with van der Waals surface area (Å²) in [6, 6.07) is 3.82. The number of hydrogen-bond donors (Lipinski definition) is 1. The molecule has 0 atom stereocenters. The van der Waals surface area contributed by atoms with Crippen LogP contribution in [0.25, 0.3) is 11.0 Å². The van der Waals surface area contributed by atoms with Crippen LogP contribution in [0.4, 0.5) is 5.95 Å². The molecule has 1 aromatic carbocycles. The molecule has 0 bridgehead atoms. The maximum atomic E-state index is 6.07. The number of anilines is 1. The first-order chi connectivity index (χ1) is 10.2. The van der Waals surface area contributed by atoms with Crippen LogP contribution < -0.4 is 15.2 Å². The third-order valence-corrected chi connectivity index (χ3v) is 4.12. The summed E-state index contributed by atoms with van der Waals surface area (Å²) < 4.78 is 12.7. The third kappa shape index (κ3) is 2.63. The van der Waals surface area contributed by atoms with Crippen molar-refractivity contribution in [1.29, 1.82) is 0 Å². The Morgan fingerprint density at radius 3 is 2.43 bits per heavy atom. The van der Waals surface area contributed by atoms with Gasteiger partial charge in [0.2, 0.25) is 5.95 Å². The zero-order valence-corrected chi connectivity index (χ0v) is 12.6. The molecule has 1 aliphatic rings. The van der Waals surface area contributed by atoms with Gasteiger partial charge in [-0.1, -0.05) is 0 Å². The molecule has 1 saturated heterocycles. The van der Waals surface area contributed by atoms with Crippen molar-refractivity contribution in [2.75, 3.05) is 39.6 Å². The maximum absolute atomic E-state index is 6.07. The van der Waals surface area contributed by atoms with Crippen LogP contribution in [0.5, 0.6) is 11.5 Å². The number of rotatable bonds is 5. The van der Waals surface area contributed by atoms with Crippen molar-refractivity contribution in [3.8, 4) is 11.5 Å². The van der Waals surface area contributed by atoms with Gasteiger partial charge in [0.1, 0.15) is 0 Å². The summed E-state index contributed by atoms with van der Waals surface area (Å²) in [6.45, 7) is 4.22. The maximum Gasteiger partial charge on any atom is 0.201 e. The summed E-state index contributed by atoms with van der Waals surface area (Å²) in [5, 5.41) is 0. The number of fused-ring (bicyclic) bond motifs is 1. The molecule has 2 heterocycles.